The first-order valence-electron chi connectivity index (χ1n) is 7.75. The van der Waals surface area contributed by atoms with E-state index in [-0.39, 0.29) is 11.5 Å². The van der Waals surface area contributed by atoms with Gasteiger partial charge in [-0.2, -0.15) is 5.10 Å². The molecular weight excluding hydrogens is 350 g/mol. The number of carbonyl (C=O) groups excluding carboxylic acids is 1. The summed E-state index contributed by atoms with van der Waals surface area (Å²) in [6, 6.07) is 16.0. The molecule has 3 rings (SSSR count). The Labute approximate surface area is 153 Å². The molecule has 0 atom stereocenters. The van der Waals surface area contributed by atoms with E-state index in [1.165, 1.54) is 23.6 Å². The molecular formula is C19H15N3O3S. The Morgan fingerprint density at radius 2 is 1.81 bits per heavy atom. The van der Waals surface area contributed by atoms with E-state index in [0.717, 1.165) is 10.6 Å². The molecule has 0 unspecified atom stereocenters. The second kappa shape index (κ2) is 7.71. The average molecular weight is 365 g/mol. The minimum absolute atomic E-state index is 0.117. The molecule has 26 heavy (non-hydrogen) atoms. The van der Waals surface area contributed by atoms with Crippen LogP contribution in [-0.2, 0) is 0 Å². The molecule has 2 aromatic carbocycles. The fourth-order valence-electron chi connectivity index (χ4n) is 2.33. The number of benzene rings is 2. The molecule has 6 nitrogen and oxygen atoms in total. The highest BCUT2D eigenvalue weighted by molar-refractivity contribution is 7.17. The summed E-state index contributed by atoms with van der Waals surface area (Å²) in [7, 11) is 0. The Balaban J connectivity index is 1.75. The van der Waals surface area contributed by atoms with Crippen LogP contribution in [0.25, 0.3) is 10.6 Å². The number of rotatable bonds is 5. The van der Waals surface area contributed by atoms with Crippen LogP contribution in [0.15, 0.2) is 59.7 Å². The van der Waals surface area contributed by atoms with Gasteiger partial charge in [0.05, 0.1) is 17.5 Å². The van der Waals surface area contributed by atoms with Gasteiger partial charge >= 0.3 is 5.97 Å². The number of nitrogens with one attached hydrogen (secondary N) is 1. The molecule has 130 valence electrons. The number of nitrogens with zero attached hydrogens (tertiary/aromatic N) is 2. The Kier molecular flexibility index (Phi) is 5.19. The molecule has 3 aromatic rings. The molecule has 1 amide bonds. The predicted molar refractivity (Wildman–Crippen MR) is 101 cm³/mol. The van der Waals surface area contributed by atoms with Crippen LogP contribution in [0.1, 0.15) is 31.3 Å². The molecule has 1 heterocycles. The van der Waals surface area contributed by atoms with E-state index in [9.17, 15) is 9.59 Å². The van der Waals surface area contributed by atoms with Crippen molar-refractivity contribution >= 4 is 29.4 Å². The number of thiazole rings is 1. The van der Waals surface area contributed by atoms with Crippen LogP contribution >= 0.6 is 11.3 Å². The first kappa shape index (κ1) is 17.5. The number of hydrazone groups is 1. The van der Waals surface area contributed by atoms with Crippen LogP contribution in [0.3, 0.4) is 0 Å². The molecule has 0 radical (unpaired) electrons. The second-order valence-corrected chi connectivity index (χ2v) is 6.39. The highest BCUT2D eigenvalue weighted by Gasteiger charge is 2.15. The van der Waals surface area contributed by atoms with Crippen LogP contribution in [0, 0.1) is 6.92 Å². The lowest BCUT2D eigenvalue weighted by Gasteiger charge is -2.00. The van der Waals surface area contributed by atoms with Gasteiger partial charge in [-0.15, -0.1) is 11.3 Å². The van der Waals surface area contributed by atoms with Gasteiger partial charge in [-0.25, -0.2) is 15.2 Å². The molecule has 0 aliphatic carbocycles. The number of aromatic carboxylic acids is 1. The monoisotopic (exact) mass is 365 g/mol. The van der Waals surface area contributed by atoms with Gasteiger partial charge < -0.3 is 5.11 Å². The zero-order valence-corrected chi connectivity index (χ0v) is 14.7. The van der Waals surface area contributed by atoms with E-state index in [2.05, 4.69) is 15.5 Å². The molecule has 0 aliphatic heterocycles. The van der Waals surface area contributed by atoms with E-state index in [0.29, 0.717) is 16.1 Å². The lowest BCUT2D eigenvalue weighted by atomic mass is 10.1. The molecule has 1 aromatic heterocycles. The van der Waals surface area contributed by atoms with Gasteiger partial charge in [0.15, 0.2) is 0 Å². The highest BCUT2D eigenvalue weighted by Crippen LogP contribution is 2.27. The number of carbonyl (C=O) groups is 2. The summed E-state index contributed by atoms with van der Waals surface area (Å²) in [4.78, 5) is 28.4. The van der Waals surface area contributed by atoms with Crippen molar-refractivity contribution in [2.75, 3.05) is 0 Å². The normalized spacial score (nSPS) is 10.8. The summed E-state index contributed by atoms with van der Waals surface area (Å²) in [5, 5.41) is 13.8. The summed E-state index contributed by atoms with van der Waals surface area (Å²) < 4.78 is 0. The fourth-order valence-corrected chi connectivity index (χ4v) is 3.29. The quantitative estimate of drug-likeness (QED) is 0.534. The Morgan fingerprint density at radius 1 is 1.12 bits per heavy atom. The third-order valence-corrected chi connectivity index (χ3v) is 4.79. The minimum atomic E-state index is -1.05. The lowest BCUT2D eigenvalue weighted by molar-refractivity contribution is 0.0696. The number of aryl methyl sites for hydroxylation is 1. The van der Waals surface area contributed by atoms with Gasteiger partial charge in [-0.1, -0.05) is 48.5 Å². The highest BCUT2D eigenvalue weighted by atomic mass is 32.1. The Hall–Kier alpha value is -3.32. The zero-order valence-electron chi connectivity index (χ0n) is 13.8. The van der Waals surface area contributed by atoms with E-state index in [1.54, 1.807) is 25.1 Å². The summed E-state index contributed by atoms with van der Waals surface area (Å²) >= 11 is 1.28. The summed E-state index contributed by atoms with van der Waals surface area (Å²) in [6.07, 6.45) is 1.32. The number of carboxylic acids is 1. The maximum Gasteiger partial charge on any atom is 0.336 e. The number of hydrogen-bond acceptors (Lipinski definition) is 5. The summed E-state index contributed by atoms with van der Waals surface area (Å²) in [6.45, 7) is 1.77. The summed E-state index contributed by atoms with van der Waals surface area (Å²) in [5.74, 6) is -1.43. The largest absolute Gasteiger partial charge is 0.478 e. The predicted octanol–water partition coefficient (Wildman–Crippen LogP) is 3.58. The van der Waals surface area contributed by atoms with Gasteiger partial charge in [0.1, 0.15) is 9.88 Å². The van der Waals surface area contributed by atoms with Crippen LogP contribution in [0.2, 0.25) is 0 Å². The molecule has 0 fully saturated rings. The molecule has 0 bridgehead atoms. The van der Waals surface area contributed by atoms with Gasteiger partial charge in [0, 0.05) is 11.1 Å². The van der Waals surface area contributed by atoms with Crippen molar-refractivity contribution in [3.63, 3.8) is 0 Å². The fraction of sp³-hybridized carbons (Fsp3) is 0.0526. The molecule has 0 saturated heterocycles. The molecule has 0 saturated carbocycles. The minimum Gasteiger partial charge on any atom is -0.478 e. The van der Waals surface area contributed by atoms with E-state index in [4.69, 9.17) is 5.11 Å². The molecule has 0 spiro atoms. The Morgan fingerprint density at radius 3 is 2.54 bits per heavy atom. The van der Waals surface area contributed by atoms with Crippen molar-refractivity contribution in [2.45, 2.75) is 6.92 Å². The SMILES string of the molecule is Cc1nc(-c2ccccc2)sc1C(=O)N/N=C/c1ccccc1C(=O)O. The maximum absolute atomic E-state index is 12.3. The average Bonchev–Trinajstić information content (AvgIpc) is 3.04. The smallest absolute Gasteiger partial charge is 0.336 e. The first-order valence-corrected chi connectivity index (χ1v) is 8.56. The Bertz CT molecular complexity index is 981. The number of aromatic nitrogens is 1. The van der Waals surface area contributed by atoms with Crippen molar-refractivity contribution < 1.29 is 14.7 Å². The molecule has 7 heteroatoms. The standard InChI is InChI=1S/C19H15N3O3S/c1-12-16(26-18(21-12)13-7-3-2-4-8-13)17(23)22-20-11-14-9-5-6-10-15(14)19(24)25/h2-11H,1H3,(H,22,23)(H,24,25)/b20-11+. The van der Waals surface area contributed by atoms with Crippen LogP contribution in [-0.4, -0.2) is 28.2 Å². The maximum atomic E-state index is 12.3. The molecule has 2 N–H and O–H groups in total. The van der Waals surface area contributed by atoms with Gasteiger partial charge in [-0.05, 0) is 13.0 Å². The topological polar surface area (TPSA) is 91.7 Å². The third kappa shape index (κ3) is 3.84. The lowest BCUT2D eigenvalue weighted by Crippen LogP contribution is -2.17. The third-order valence-electron chi connectivity index (χ3n) is 3.58. The number of hydrogen-bond donors (Lipinski definition) is 2. The van der Waals surface area contributed by atoms with Crippen molar-refractivity contribution in [2.24, 2.45) is 5.10 Å². The molecule has 0 aliphatic rings. The first-order chi connectivity index (χ1) is 12.6. The van der Waals surface area contributed by atoms with Gasteiger partial charge in [0.2, 0.25) is 0 Å². The van der Waals surface area contributed by atoms with Gasteiger partial charge in [-0.3, -0.25) is 4.79 Å². The van der Waals surface area contributed by atoms with Crippen LogP contribution < -0.4 is 5.43 Å². The van der Waals surface area contributed by atoms with E-state index in [1.807, 2.05) is 30.3 Å². The van der Waals surface area contributed by atoms with Crippen molar-refractivity contribution in [3.05, 3.63) is 76.3 Å². The van der Waals surface area contributed by atoms with E-state index < -0.39 is 5.97 Å². The van der Waals surface area contributed by atoms with Gasteiger partial charge in [0.25, 0.3) is 5.91 Å². The second-order valence-electron chi connectivity index (χ2n) is 5.39. The number of carboxylic acid groups (broad SMARTS) is 1. The van der Waals surface area contributed by atoms with Crippen LogP contribution in [0.4, 0.5) is 0 Å². The number of amides is 1. The zero-order chi connectivity index (χ0) is 18.5. The van der Waals surface area contributed by atoms with Crippen molar-refractivity contribution in [3.8, 4) is 10.6 Å². The van der Waals surface area contributed by atoms with E-state index >= 15 is 0 Å². The van der Waals surface area contributed by atoms with Crippen molar-refractivity contribution in [1.82, 2.24) is 10.4 Å². The van der Waals surface area contributed by atoms with Crippen LogP contribution in [0.5, 0.6) is 0 Å². The van der Waals surface area contributed by atoms with Crippen molar-refractivity contribution in [1.29, 1.82) is 0 Å². The summed E-state index contributed by atoms with van der Waals surface area (Å²) in [5.41, 5.74) is 4.51.